The second-order valence-corrected chi connectivity index (χ2v) is 0.224. The number of rotatable bonds is 0. The standard InChI is InChI=1S/C2H5O.V/c1-2-3;/h3H,1-2H2;/q-1;. The van der Waals surface area contributed by atoms with E-state index in [1.807, 2.05) is 0 Å². The molecule has 0 rings (SSSR count). The molecule has 0 aliphatic heterocycles. The average molecular weight is 96.0 g/mol. The Hall–Kier alpha value is 0.544. The molecule has 0 aromatic heterocycles. The summed E-state index contributed by atoms with van der Waals surface area (Å²) in [6.45, 7) is 3.04. The average Bonchev–Trinajstić information content (AvgIpc) is 0.918. The summed E-state index contributed by atoms with van der Waals surface area (Å²) in [6, 6.07) is 0. The summed E-state index contributed by atoms with van der Waals surface area (Å²) in [5, 5.41) is 7.46. The van der Waals surface area contributed by atoms with Gasteiger partial charge in [0, 0.05) is 18.6 Å². The fraction of sp³-hybridized carbons (Fsp3) is 0.500. The predicted molar refractivity (Wildman–Crippen MR) is 12.4 cm³/mol. The molecule has 2 heteroatoms. The summed E-state index contributed by atoms with van der Waals surface area (Å²) in [5.41, 5.74) is 0. The van der Waals surface area contributed by atoms with Gasteiger partial charge in [-0.2, -0.15) is 0 Å². The van der Waals surface area contributed by atoms with E-state index in [0.717, 1.165) is 0 Å². The molecule has 0 amide bonds. The van der Waals surface area contributed by atoms with Gasteiger partial charge in [0.2, 0.25) is 0 Å². The van der Waals surface area contributed by atoms with Gasteiger partial charge in [-0.25, -0.2) is 0 Å². The van der Waals surface area contributed by atoms with Crippen LogP contribution >= 0.6 is 0 Å². The zero-order valence-electron chi connectivity index (χ0n) is 2.31. The van der Waals surface area contributed by atoms with E-state index in [1.165, 1.54) is 0 Å². The van der Waals surface area contributed by atoms with E-state index in [0.29, 0.717) is 0 Å². The molecule has 0 fully saturated rings. The Kier molecular flexibility index (Phi) is 21.2. The molecule has 0 bridgehead atoms. The number of hydrogen-bond acceptors (Lipinski definition) is 1. The van der Waals surface area contributed by atoms with Crippen molar-refractivity contribution in [1.29, 1.82) is 0 Å². The van der Waals surface area contributed by atoms with Crippen LogP contribution in [0.2, 0.25) is 0 Å². The normalized spacial score (nSPS) is 4.50. The van der Waals surface area contributed by atoms with Gasteiger partial charge in [-0.1, -0.05) is 6.61 Å². The first-order valence-corrected chi connectivity index (χ1v) is 0.816. The Bertz CT molecular complexity index is 6.00. The third-order valence-electron chi connectivity index (χ3n) is 0. The fourth-order valence-electron chi connectivity index (χ4n) is 0. The van der Waals surface area contributed by atoms with Crippen LogP contribution in [0.15, 0.2) is 0 Å². The Morgan fingerprint density at radius 2 is 1.75 bits per heavy atom. The molecule has 0 aromatic carbocycles. The zero-order chi connectivity index (χ0) is 2.71. The molecule has 1 N–H and O–H groups in total. The van der Waals surface area contributed by atoms with Crippen molar-refractivity contribution in [3.63, 3.8) is 0 Å². The summed E-state index contributed by atoms with van der Waals surface area (Å²) < 4.78 is 0. The number of aliphatic hydroxyl groups excluding tert-OH is 1. The third kappa shape index (κ3) is 20.5. The maximum Gasteiger partial charge on any atom is 0 e. The molecule has 0 aliphatic carbocycles. The molecule has 0 unspecified atom stereocenters. The molecule has 25 valence electrons. The number of hydrogen-bond donors (Lipinski definition) is 1. The van der Waals surface area contributed by atoms with E-state index < -0.39 is 0 Å². The van der Waals surface area contributed by atoms with Crippen LogP contribution < -0.4 is 0 Å². The Morgan fingerprint density at radius 1 is 1.75 bits per heavy atom. The minimum absolute atomic E-state index is 0. The Labute approximate surface area is 37.9 Å². The Morgan fingerprint density at radius 3 is 1.75 bits per heavy atom. The van der Waals surface area contributed by atoms with Crippen molar-refractivity contribution in [3.8, 4) is 0 Å². The molecule has 1 radical (unpaired) electrons. The van der Waals surface area contributed by atoms with Crippen LogP contribution in [0.25, 0.3) is 0 Å². The molecule has 0 aliphatic rings. The quantitative estimate of drug-likeness (QED) is 0.414. The van der Waals surface area contributed by atoms with E-state index in [2.05, 4.69) is 6.92 Å². The molecule has 0 spiro atoms. The van der Waals surface area contributed by atoms with Gasteiger partial charge in [-0.05, 0) is 0 Å². The van der Waals surface area contributed by atoms with Gasteiger partial charge in [0.15, 0.2) is 0 Å². The molecule has 0 heterocycles. The molecular weight excluding hydrogens is 91.0 g/mol. The Balaban J connectivity index is 0. The van der Waals surface area contributed by atoms with Crippen molar-refractivity contribution >= 4 is 0 Å². The van der Waals surface area contributed by atoms with Gasteiger partial charge in [-0.15, -0.1) is 0 Å². The van der Waals surface area contributed by atoms with E-state index in [1.54, 1.807) is 0 Å². The van der Waals surface area contributed by atoms with Gasteiger partial charge in [0.1, 0.15) is 0 Å². The maximum absolute atomic E-state index is 7.46. The SMILES string of the molecule is [CH2-]CO.[V]. The van der Waals surface area contributed by atoms with Crippen molar-refractivity contribution in [2.45, 2.75) is 0 Å². The van der Waals surface area contributed by atoms with Gasteiger partial charge in [-0.3, -0.25) is 0 Å². The molecule has 1 nitrogen and oxygen atoms in total. The maximum atomic E-state index is 7.46. The van der Waals surface area contributed by atoms with Crippen molar-refractivity contribution in [3.05, 3.63) is 6.92 Å². The van der Waals surface area contributed by atoms with Gasteiger partial charge in [0.25, 0.3) is 0 Å². The summed E-state index contributed by atoms with van der Waals surface area (Å²) in [6.07, 6.45) is 0. The largest absolute Gasteiger partial charge is 0.428 e. The summed E-state index contributed by atoms with van der Waals surface area (Å²) in [4.78, 5) is 0. The van der Waals surface area contributed by atoms with Crippen LogP contribution in [-0.2, 0) is 18.6 Å². The van der Waals surface area contributed by atoms with Crippen LogP contribution in [0.5, 0.6) is 0 Å². The second-order valence-electron chi connectivity index (χ2n) is 0.224. The van der Waals surface area contributed by atoms with E-state index >= 15 is 0 Å². The zero-order valence-corrected chi connectivity index (χ0v) is 3.71. The molecule has 0 saturated carbocycles. The predicted octanol–water partition coefficient (Wildman–Crippen LogP) is -0.190. The van der Waals surface area contributed by atoms with E-state index in [4.69, 9.17) is 5.11 Å². The monoisotopic (exact) mass is 96.0 g/mol. The van der Waals surface area contributed by atoms with Gasteiger partial charge < -0.3 is 12.0 Å². The first kappa shape index (κ1) is 8.82. The van der Waals surface area contributed by atoms with Crippen molar-refractivity contribution in [1.82, 2.24) is 0 Å². The molecule has 4 heavy (non-hydrogen) atoms. The summed E-state index contributed by atoms with van der Waals surface area (Å²) >= 11 is 0. The van der Waals surface area contributed by atoms with Crippen LogP contribution in [0.3, 0.4) is 0 Å². The first-order valence-electron chi connectivity index (χ1n) is 0.816. The fourth-order valence-corrected chi connectivity index (χ4v) is 0. The van der Waals surface area contributed by atoms with Crippen LogP contribution in [0, 0.1) is 6.92 Å². The molecular formula is C2H5OV-. The number of aliphatic hydroxyl groups is 1. The second kappa shape index (κ2) is 9.62. The first-order chi connectivity index (χ1) is 1.41. The van der Waals surface area contributed by atoms with E-state index in [-0.39, 0.29) is 25.2 Å². The van der Waals surface area contributed by atoms with Crippen molar-refractivity contribution in [2.75, 3.05) is 6.61 Å². The topological polar surface area (TPSA) is 20.2 Å². The minimum Gasteiger partial charge on any atom is -0.428 e. The third-order valence-corrected chi connectivity index (χ3v) is 0. The van der Waals surface area contributed by atoms with Crippen molar-refractivity contribution < 1.29 is 23.7 Å². The smallest absolute Gasteiger partial charge is 0 e. The minimum atomic E-state index is 0. The van der Waals surface area contributed by atoms with Crippen LogP contribution in [0.4, 0.5) is 0 Å². The van der Waals surface area contributed by atoms with Gasteiger partial charge in [0.05, 0.1) is 0 Å². The molecule has 0 saturated heterocycles. The molecule has 0 aromatic rings. The summed E-state index contributed by atoms with van der Waals surface area (Å²) in [7, 11) is 0. The van der Waals surface area contributed by atoms with E-state index in [9.17, 15) is 0 Å². The molecule has 0 atom stereocenters. The van der Waals surface area contributed by atoms with Crippen LogP contribution in [0.1, 0.15) is 0 Å². The van der Waals surface area contributed by atoms with Crippen LogP contribution in [-0.4, -0.2) is 11.7 Å². The van der Waals surface area contributed by atoms with Gasteiger partial charge >= 0.3 is 0 Å². The van der Waals surface area contributed by atoms with Crippen molar-refractivity contribution in [2.24, 2.45) is 0 Å². The summed E-state index contributed by atoms with van der Waals surface area (Å²) in [5.74, 6) is 0.